The zero-order valence-electron chi connectivity index (χ0n) is 51.9. The number of thioether (sulfide) groups is 2. The van der Waals surface area contributed by atoms with Crippen LogP contribution in [-0.4, -0.2) is 128 Å². The monoisotopic (exact) mass is 1350 g/mol. The second-order valence-corrected chi connectivity index (χ2v) is 28.9. The van der Waals surface area contributed by atoms with Crippen molar-refractivity contribution in [2.24, 2.45) is 22.0 Å². The Bertz CT molecular complexity index is 3560. The highest BCUT2D eigenvalue weighted by molar-refractivity contribution is 8.00. The number of aryl methyl sites for hydroxylation is 2. The number of fused-ring (bicyclic) bond motifs is 2. The smallest absolute Gasteiger partial charge is 0.353 e. The first-order valence-electron chi connectivity index (χ1n) is 27.9. The van der Waals surface area contributed by atoms with Crippen LogP contribution in [0, 0.1) is 19.8 Å². The van der Waals surface area contributed by atoms with Gasteiger partial charge in [0.1, 0.15) is 34.0 Å². The molecule has 0 spiro atoms. The number of alkyl halides is 2. The first-order valence-corrected chi connectivity index (χ1v) is 33.2. The summed E-state index contributed by atoms with van der Waals surface area (Å²) in [5.74, 6) is -1.05. The fraction of sp³-hybridized carbons (Fsp3) is 0.429. The van der Waals surface area contributed by atoms with Crippen LogP contribution in [0.4, 0.5) is 0 Å². The number of hydrogen-bond donors (Lipinski definition) is 1. The van der Waals surface area contributed by atoms with Crippen LogP contribution < -0.4 is 5.73 Å². The minimum Gasteiger partial charge on any atom is -0.457 e. The summed E-state index contributed by atoms with van der Waals surface area (Å²) in [6.45, 7) is 23.0. The first kappa shape index (κ1) is 71.8. The lowest BCUT2D eigenvalue weighted by Gasteiger charge is -2.49. The van der Waals surface area contributed by atoms with Crippen LogP contribution in [0.25, 0.3) is 12.2 Å². The molecule has 2 aromatic carbocycles. The van der Waals surface area contributed by atoms with Crippen LogP contribution >= 0.6 is 81.0 Å². The number of oxime groups is 2. The Kier molecular flexibility index (Phi) is 24.4. The predicted molar refractivity (Wildman–Crippen MR) is 352 cm³/mol. The molecule has 4 atom stereocenters. The van der Waals surface area contributed by atoms with Gasteiger partial charge in [-0.1, -0.05) is 83.1 Å². The molecule has 0 radical (unpaired) electrons. The molecule has 89 heavy (non-hydrogen) atoms. The predicted octanol–water partition coefficient (Wildman–Crippen LogP) is 11.7. The van der Waals surface area contributed by atoms with Gasteiger partial charge >= 0.3 is 11.9 Å². The number of ether oxygens (including phenoxy) is 2. The van der Waals surface area contributed by atoms with E-state index in [0.29, 0.717) is 51.1 Å². The minimum atomic E-state index is -1.48. The number of thiazole rings is 2. The quantitative estimate of drug-likeness (QED) is 0.0215. The largest absolute Gasteiger partial charge is 0.457 e. The molecule has 2 amide bonds. The summed E-state index contributed by atoms with van der Waals surface area (Å²) in [7, 11) is 0. The third-order valence-corrected chi connectivity index (χ3v) is 18.2. The number of nitrogens with two attached hydrogens (primary N) is 1. The van der Waals surface area contributed by atoms with E-state index in [2.05, 4.69) is 20.3 Å². The van der Waals surface area contributed by atoms with Crippen molar-refractivity contribution in [3.63, 3.8) is 0 Å². The lowest BCUT2D eigenvalue weighted by Crippen LogP contribution is -2.68. The van der Waals surface area contributed by atoms with Crippen molar-refractivity contribution in [2.75, 3.05) is 11.5 Å². The van der Waals surface area contributed by atoms with Crippen LogP contribution in [0.3, 0.4) is 0 Å². The van der Waals surface area contributed by atoms with Crippen molar-refractivity contribution in [1.82, 2.24) is 19.8 Å². The van der Waals surface area contributed by atoms with E-state index < -0.39 is 57.3 Å². The van der Waals surface area contributed by atoms with E-state index in [4.69, 9.17) is 59.7 Å². The van der Waals surface area contributed by atoms with Gasteiger partial charge in [-0.15, -0.1) is 69.4 Å². The first-order chi connectivity index (χ1) is 41.6. The lowest BCUT2D eigenvalue weighted by atomic mass is 9.88. The van der Waals surface area contributed by atoms with E-state index >= 15 is 0 Å². The van der Waals surface area contributed by atoms with Gasteiger partial charge in [-0.3, -0.25) is 38.6 Å². The molecule has 8 rings (SSSR count). The van der Waals surface area contributed by atoms with Gasteiger partial charge in [-0.25, -0.2) is 19.6 Å². The minimum absolute atomic E-state index is 0.0795. The van der Waals surface area contributed by atoms with Crippen molar-refractivity contribution in [3.05, 3.63) is 138 Å². The summed E-state index contributed by atoms with van der Waals surface area (Å²) >= 11 is 22.9. The molecule has 4 aliphatic rings. The summed E-state index contributed by atoms with van der Waals surface area (Å²) in [6, 6.07) is 15.2. The van der Waals surface area contributed by atoms with Crippen LogP contribution in [0.1, 0.15) is 133 Å². The number of hydrogen-bond acceptors (Lipinski definition) is 21. The average Bonchev–Trinajstić information content (AvgIpc) is 1.15. The van der Waals surface area contributed by atoms with E-state index in [0.717, 1.165) is 38.4 Å². The van der Waals surface area contributed by atoms with Gasteiger partial charge in [0.15, 0.2) is 28.8 Å². The van der Waals surface area contributed by atoms with Crippen molar-refractivity contribution >= 4 is 151 Å². The number of carbonyl (C=O) groups is 8. The molecule has 2 aromatic heterocycles. The molecule has 26 heteroatoms. The fourth-order valence-electron chi connectivity index (χ4n) is 8.57. The van der Waals surface area contributed by atoms with E-state index in [1.165, 1.54) is 85.8 Å². The number of β-lactam (4-membered cyclic amide) rings is 2. The van der Waals surface area contributed by atoms with Crippen LogP contribution in [0.15, 0.2) is 104 Å². The number of Topliss-reactive ketones (excluding diaryl/α,β-unsaturated/α-hetero) is 3. The van der Waals surface area contributed by atoms with Gasteiger partial charge in [0.05, 0.1) is 32.7 Å². The average molecular weight is 1350 g/mol. The molecule has 476 valence electrons. The molecule has 2 N–H and O–H groups in total. The van der Waals surface area contributed by atoms with Crippen LogP contribution in [0.5, 0.6) is 0 Å². The number of ketones is 3. The molecule has 4 aromatic rings. The summed E-state index contributed by atoms with van der Waals surface area (Å²) in [5, 5.41) is 11.3. The molecule has 19 nitrogen and oxygen atoms in total. The molecule has 0 bridgehead atoms. The Balaban J connectivity index is 0.000000235. The standard InChI is InChI=1S/C32H36ClN3O6S2.C17H17ClN2O2S.C14H19ClN2O4S/c1-18(37)27-22(13-12-20-8-10-21(15-33)11-9-20)16-44-29-23(28(39)36(27)29)14-25(38)26(24-17-43-19(2)34-24)35-42-32(6,7)30(40)41-31(3,4)5;1-10(21)15-13(9-23-17-14(19)16(22)20(15)17)7-6-11-2-4-12(8-18)5-3-11;1-8-16-9(7-22-8)10(11(15)18)17-21-14(5,6)12(19)20-13(2,3)4/h8-13,17,23,29H,14-16H2,1-7H3;2-7,14,17H,8-9,19H2,1H3;7H,1-6H3/b13-12?,35-26-;;17-10-/t23-,29-;14-,17-;/m11./s1. The maximum atomic E-state index is 13.6. The Morgan fingerprint density at radius 1 is 0.618 bits per heavy atom. The Labute approximate surface area is 549 Å². The van der Waals surface area contributed by atoms with Crippen molar-refractivity contribution in [2.45, 2.75) is 154 Å². The molecule has 0 aliphatic carbocycles. The van der Waals surface area contributed by atoms with Gasteiger partial charge in [0.25, 0.3) is 5.24 Å². The van der Waals surface area contributed by atoms with Gasteiger partial charge in [-0.05, 0) is 128 Å². The van der Waals surface area contributed by atoms with Crippen LogP contribution in [0.2, 0.25) is 0 Å². The molecule has 0 saturated carbocycles. The Hall–Kier alpha value is -6.31. The normalized spacial score (nSPS) is 18.9. The third-order valence-electron chi connectivity index (χ3n) is 13.1. The zero-order chi connectivity index (χ0) is 66.1. The summed E-state index contributed by atoms with van der Waals surface area (Å²) in [4.78, 5) is 122. The van der Waals surface area contributed by atoms with Crippen LogP contribution in [-0.2, 0) is 69.3 Å². The van der Waals surface area contributed by atoms with Crippen molar-refractivity contribution in [3.8, 4) is 0 Å². The van der Waals surface area contributed by atoms with Gasteiger partial charge in [-0.2, -0.15) is 0 Å². The maximum absolute atomic E-state index is 13.6. The van der Waals surface area contributed by atoms with Gasteiger partial charge < -0.3 is 24.9 Å². The number of esters is 2. The Morgan fingerprint density at radius 2 is 1.01 bits per heavy atom. The van der Waals surface area contributed by atoms with E-state index in [-0.39, 0.29) is 52.0 Å². The highest BCUT2D eigenvalue weighted by Gasteiger charge is 2.54. The number of aromatic nitrogens is 2. The maximum Gasteiger partial charge on any atom is 0.353 e. The highest BCUT2D eigenvalue weighted by Crippen LogP contribution is 2.46. The fourth-order valence-corrected chi connectivity index (χ4v) is 12.9. The molecule has 0 unspecified atom stereocenters. The summed E-state index contributed by atoms with van der Waals surface area (Å²) in [5.41, 5.74) is 8.41. The van der Waals surface area contributed by atoms with Crippen molar-refractivity contribution < 1.29 is 57.5 Å². The summed E-state index contributed by atoms with van der Waals surface area (Å²) in [6.07, 6.45) is 7.47. The number of nitrogens with zero attached hydrogens (tertiary/aromatic N) is 6. The molecular formula is C63H72Cl3N7O12S4. The highest BCUT2D eigenvalue weighted by atomic mass is 35.5. The van der Waals surface area contributed by atoms with E-state index in [9.17, 15) is 38.4 Å². The van der Waals surface area contributed by atoms with E-state index in [1.807, 2.05) is 72.8 Å². The Morgan fingerprint density at radius 3 is 1.38 bits per heavy atom. The van der Waals surface area contributed by atoms with Crippen molar-refractivity contribution in [1.29, 1.82) is 0 Å². The number of allylic oxidation sites excluding steroid dienone is 4. The molecular weight excluding hydrogens is 1280 g/mol. The number of amides is 2. The summed E-state index contributed by atoms with van der Waals surface area (Å²) < 4.78 is 10.7. The molecule has 6 heterocycles. The lowest BCUT2D eigenvalue weighted by molar-refractivity contribution is -0.180. The topological polar surface area (TPSA) is 256 Å². The SMILES string of the molecule is CC(=O)C1=C(C=Cc2ccc(CCl)cc2)CS[C@@H]2[C@H](CC(=O)/C(=N\OC(C)(C)C(=O)OC(C)(C)C)c3csc(C)n3)C(=O)N12.CC(=O)C1=C(C=Cc2ccc(CCl)cc2)CS[C@@H]2[C@H](N)C(=O)N12.Cc1nc(/C(=N/OC(C)(C)C(=O)OC(C)(C)C)C(=O)Cl)cs1. The second-order valence-electron chi connectivity index (χ2n) is 23.7. The third kappa shape index (κ3) is 18.9. The zero-order valence-corrected chi connectivity index (χ0v) is 57.4. The van der Waals surface area contributed by atoms with Gasteiger partial charge in [0.2, 0.25) is 23.0 Å². The van der Waals surface area contributed by atoms with Gasteiger partial charge in [0, 0.05) is 54.3 Å². The van der Waals surface area contributed by atoms with E-state index in [1.54, 1.807) is 77.9 Å². The number of benzene rings is 2. The molecule has 2 saturated heterocycles. The number of rotatable bonds is 20. The molecule has 2 fully saturated rings. The molecule has 4 aliphatic heterocycles. The second kappa shape index (κ2) is 30.2. The number of halogens is 3. The number of carbonyl (C=O) groups excluding carboxylic acids is 8.